The molecule has 0 radical (unpaired) electrons. The van der Waals surface area contributed by atoms with Crippen LogP contribution in [0.5, 0.6) is 0 Å². The summed E-state index contributed by atoms with van der Waals surface area (Å²) >= 11 is 0. The van der Waals surface area contributed by atoms with Gasteiger partial charge in [0.2, 0.25) is 0 Å². The standard InChI is InChI=1S/C12H22N2/c1-9(2)13-11-5-7-12(8-6-11)14-10(3)4/h5-7,9-10,12-14H,8H2,1-4H3. The monoisotopic (exact) mass is 194 g/mol. The Balaban J connectivity index is 2.37. The summed E-state index contributed by atoms with van der Waals surface area (Å²) in [6.07, 6.45) is 7.76. The molecule has 0 aromatic rings. The molecule has 1 unspecified atom stereocenters. The highest BCUT2D eigenvalue weighted by molar-refractivity contribution is 5.24. The second-order valence-corrected chi connectivity index (χ2v) is 4.48. The third-order valence-corrected chi connectivity index (χ3v) is 2.10. The van der Waals surface area contributed by atoms with E-state index < -0.39 is 0 Å². The summed E-state index contributed by atoms with van der Waals surface area (Å²) in [4.78, 5) is 0. The lowest BCUT2D eigenvalue weighted by Crippen LogP contribution is -2.34. The zero-order valence-corrected chi connectivity index (χ0v) is 9.67. The van der Waals surface area contributed by atoms with E-state index in [1.807, 2.05) is 0 Å². The predicted molar refractivity (Wildman–Crippen MR) is 62.2 cm³/mol. The molecule has 2 heteroatoms. The van der Waals surface area contributed by atoms with Gasteiger partial charge < -0.3 is 10.6 Å². The highest BCUT2D eigenvalue weighted by atomic mass is 14.9. The van der Waals surface area contributed by atoms with Crippen molar-refractivity contribution in [3.05, 3.63) is 23.9 Å². The Morgan fingerprint density at radius 2 is 1.93 bits per heavy atom. The Morgan fingerprint density at radius 3 is 2.36 bits per heavy atom. The molecule has 1 atom stereocenters. The Morgan fingerprint density at radius 1 is 1.21 bits per heavy atom. The molecule has 0 aromatic heterocycles. The number of allylic oxidation sites excluding steroid dienone is 1. The van der Waals surface area contributed by atoms with Gasteiger partial charge in [0, 0.05) is 23.8 Å². The van der Waals surface area contributed by atoms with Crippen molar-refractivity contribution in [2.24, 2.45) is 0 Å². The fourth-order valence-corrected chi connectivity index (χ4v) is 1.61. The number of rotatable bonds is 4. The van der Waals surface area contributed by atoms with E-state index in [1.165, 1.54) is 5.70 Å². The minimum absolute atomic E-state index is 0.507. The van der Waals surface area contributed by atoms with Crippen molar-refractivity contribution >= 4 is 0 Å². The quantitative estimate of drug-likeness (QED) is 0.717. The average molecular weight is 194 g/mol. The third kappa shape index (κ3) is 3.97. The molecule has 1 aliphatic carbocycles. The molecule has 0 saturated carbocycles. The van der Waals surface area contributed by atoms with Gasteiger partial charge in [-0.05, 0) is 26.3 Å². The van der Waals surface area contributed by atoms with Crippen LogP contribution < -0.4 is 10.6 Å². The maximum Gasteiger partial charge on any atom is 0.0299 e. The van der Waals surface area contributed by atoms with Crippen LogP contribution in [0.25, 0.3) is 0 Å². The molecule has 0 aliphatic heterocycles. The van der Waals surface area contributed by atoms with Gasteiger partial charge in [-0.1, -0.05) is 26.0 Å². The van der Waals surface area contributed by atoms with Crippen molar-refractivity contribution in [2.45, 2.75) is 52.2 Å². The lowest BCUT2D eigenvalue weighted by atomic mass is 10.1. The molecule has 80 valence electrons. The van der Waals surface area contributed by atoms with Crippen molar-refractivity contribution in [3.8, 4) is 0 Å². The van der Waals surface area contributed by atoms with Crippen molar-refractivity contribution in [3.63, 3.8) is 0 Å². The lowest BCUT2D eigenvalue weighted by molar-refractivity contribution is 0.519. The van der Waals surface area contributed by atoms with Crippen LogP contribution in [0.4, 0.5) is 0 Å². The normalized spacial score (nSPS) is 21.6. The maximum absolute atomic E-state index is 3.50. The lowest BCUT2D eigenvalue weighted by Gasteiger charge is -2.21. The van der Waals surface area contributed by atoms with Crippen LogP contribution in [-0.2, 0) is 0 Å². The molecule has 0 saturated heterocycles. The second-order valence-electron chi connectivity index (χ2n) is 4.48. The fraction of sp³-hybridized carbons (Fsp3) is 0.667. The first kappa shape index (κ1) is 11.3. The predicted octanol–water partition coefficient (Wildman–Crippen LogP) is 2.19. The fourth-order valence-electron chi connectivity index (χ4n) is 1.61. The SMILES string of the molecule is CC(C)NC1=CCC(NC(C)C)C=C1. The highest BCUT2D eigenvalue weighted by Gasteiger charge is 2.09. The molecule has 14 heavy (non-hydrogen) atoms. The van der Waals surface area contributed by atoms with E-state index in [4.69, 9.17) is 0 Å². The van der Waals surface area contributed by atoms with Crippen molar-refractivity contribution in [2.75, 3.05) is 0 Å². The number of nitrogens with one attached hydrogen (secondary N) is 2. The van der Waals surface area contributed by atoms with Crippen molar-refractivity contribution in [1.29, 1.82) is 0 Å². The smallest absolute Gasteiger partial charge is 0.0299 e. The van der Waals surface area contributed by atoms with E-state index in [0.29, 0.717) is 18.1 Å². The summed E-state index contributed by atoms with van der Waals surface area (Å²) < 4.78 is 0. The van der Waals surface area contributed by atoms with Gasteiger partial charge in [0.15, 0.2) is 0 Å². The van der Waals surface area contributed by atoms with Gasteiger partial charge in [-0.25, -0.2) is 0 Å². The Labute approximate surface area is 87.5 Å². The molecule has 0 spiro atoms. The van der Waals surface area contributed by atoms with E-state index >= 15 is 0 Å². The van der Waals surface area contributed by atoms with Crippen LogP contribution in [0.3, 0.4) is 0 Å². The zero-order chi connectivity index (χ0) is 10.6. The molecule has 0 bridgehead atoms. The summed E-state index contributed by atoms with van der Waals surface area (Å²) in [5, 5.41) is 6.90. The van der Waals surface area contributed by atoms with Crippen LogP contribution in [-0.4, -0.2) is 18.1 Å². The van der Waals surface area contributed by atoms with Gasteiger partial charge >= 0.3 is 0 Å². The summed E-state index contributed by atoms with van der Waals surface area (Å²) in [6, 6.07) is 1.57. The molecular formula is C12H22N2. The topological polar surface area (TPSA) is 24.1 Å². The van der Waals surface area contributed by atoms with Gasteiger partial charge in [0.05, 0.1) is 0 Å². The molecule has 0 amide bonds. The van der Waals surface area contributed by atoms with Crippen molar-refractivity contribution < 1.29 is 0 Å². The Bertz CT molecular complexity index is 226. The maximum atomic E-state index is 3.50. The van der Waals surface area contributed by atoms with Gasteiger partial charge in [0.1, 0.15) is 0 Å². The molecule has 0 heterocycles. The molecule has 1 rings (SSSR count). The summed E-state index contributed by atoms with van der Waals surface area (Å²) in [7, 11) is 0. The van der Waals surface area contributed by atoms with E-state index in [-0.39, 0.29) is 0 Å². The Kier molecular flexibility index (Phi) is 4.21. The second kappa shape index (κ2) is 5.20. The largest absolute Gasteiger partial charge is 0.383 e. The summed E-state index contributed by atoms with van der Waals surface area (Å²) in [5.74, 6) is 0. The molecule has 2 nitrogen and oxygen atoms in total. The van der Waals surface area contributed by atoms with E-state index in [2.05, 4.69) is 56.6 Å². The van der Waals surface area contributed by atoms with Gasteiger partial charge in [-0.2, -0.15) is 0 Å². The van der Waals surface area contributed by atoms with Gasteiger partial charge in [-0.3, -0.25) is 0 Å². The minimum Gasteiger partial charge on any atom is -0.383 e. The van der Waals surface area contributed by atoms with E-state index in [1.54, 1.807) is 0 Å². The zero-order valence-electron chi connectivity index (χ0n) is 9.67. The first-order chi connectivity index (χ1) is 6.58. The number of hydrogen-bond acceptors (Lipinski definition) is 2. The van der Waals surface area contributed by atoms with E-state index in [0.717, 1.165) is 6.42 Å². The average Bonchev–Trinajstić information content (AvgIpc) is 2.06. The first-order valence-corrected chi connectivity index (χ1v) is 5.49. The van der Waals surface area contributed by atoms with Crippen LogP contribution in [0.2, 0.25) is 0 Å². The van der Waals surface area contributed by atoms with Crippen LogP contribution >= 0.6 is 0 Å². The van der Waals surface area contributed by atoms with Crippen LogP contribution in [0, 0.1) is 0 Å². The third-order valence-electron chi connectivity index (χ3n) is 2.10. The molecule has 1 aliphatic rings. The van der Waals surface area contributed by atoms with Crippen LogP contribution in [0.1, 0.15) is 34.1 Å². The molecule has 0 fully saturated rings. The Hall–Kier alpha value is -0.760. The molecule has 2 N–H and O–H groups in total. The van der Waals surface area contributed by atoms with Crippen LogP contribution in [0.15, 0.2) is 23.9 Å². The van der Waals surface area contributed by atoms with Gasteiger partial charge in [-0.15, -0.1) is 0 Å². The first-order valence-electron chi connectivity index (χ1n) is 5.49. The minimum atomic E-state index is 0.507. The summed E-state index contributed by atoms with van der Waals surface area (Å²) in [5.41, 5.74) is 1.25. The molecule has 0 aromatic carbocycles. The number of hydrogen-bond donors (Lipinski definition) is 2. The van der Waals surface area contributed by atoms with Crippen molar-refractivity contribution in [1.82, 2.24) is 10.6 Å². The summed E-state index contributed by atoms with van der Waals surface area (Å²) in [6.45, 7) is 8.68. The van der Waals surface area contributed by atoms with Gasteiger partial charge in [0.25, 0.3) is 0 Å². The molecular weight excluding hydrogens is 172 g/mol. The van der Waals surface area contributed by atoms with E-state index in [9.17, 15) is 0 Å². The highest BCUT2D eigenvalue weighted by Crippen LogP contribution is 2.09.